The first-order valence-electron chi connectivity index (χ1n) is 17.9. The van der Waals surface area contributed by atoms with Crippen LogP contribution in [0.25, 0.3) is 0 Å². The van der Waals surface area contributed by atoms with Crippen molar-refractivity contribution in [1.82, 2.24) is 26.2 Å². The molecule has 0 aromatic heterocycles. The van der Waals surface area contributed by atoms with Gasteiger partial charge in [0, 0.05) is 64.7 Å². The Hall–Kier alpha value is -3.65. The lowest BCUT2D eigenvalue weighted by molar-refractivity contribution is -0.149. The normalized spacial score (nSPS) is 15.4. The first kappa shape index (κ1) is 44.5. The summed E-state index contributed by atoms with van der Waals surface area (Å²) in [5.74, 6) is -3.58. The van der Waals surface area contributed by atoms with Gasteiger partial charge >= 0.3 is 5.97 Å². The number of imide groups is 1. The number of hydrogen-bond acceptors (Lipinski definition) is 14. The zero-order valence-corrected chi connectivity index (χ0v) is 31.1. The van der Waals surface area contributed by atoms with Gasteiger partial charge in [-0.1, -0.05) is 0 Å². The lowest BCUT2D eigenvalue weighted by Gasteiger charge is -2.20. The molecule has 0 aliphatic carbocycles. The van der Waals surface area contributed by atoms with E-state index in [9.17, 15) is 38.4 Å². The van der Waals surface area contributed by atoms with Crippen molar-refractivity contribution in [2.24, 2.45) is 0 Å². The van der Waals surface area contributed by atoms with Crippen molar-refractivity contribution in [3.63, 3.8) is 0 Å². The van der Waals surface area contributed by atoms with Gasteiger partial charge < -0.3 is 49.7 Å². The Labute approximate surface area is 310 Å². The lowest BCUT2D eigenvalue weighted by atomic mass is 10.2. The highest BCUT2D eigenvalue weighted by Crippen LogP contribution is 2.11. The molecule has 1 rings (SSSR count). The van der Waals surface area contributed by atoms with Gasteiger partial charge in [-0.3, -0.25) is 38.5 Å². The third-order valence-corrected chi connectivity index (χ3v) is 7.93. The number of carbonyl (C=O) groups excluding carboxylic acids is 8. The predicted molar refractivity (Wildman–Crippen MR) is 188 cm³/mol. The van der Waals surface area contributed by atoms with Crippen LogP contribution in [0.1, 0.15) is 60.6 Å². The molecule has 52 heavy (non-hydrogen) atoms. The molecular weight excluding hydrogens is 706 g/mol. The minimum Gasteiger partial charge on any atom is -0.461 e. The second kappa shape index (κ2) is 28.9. The Kier molecular flexibility index (Phi) is 24.7. The van der Waals surface area contributed by atoms with Crippen LogP contribution in [0.2, 0.25) is 0 Å². The molecule has 1 unspecified atom stereocenters. The van der Waals surface area contributed by atoms with Gasteiger partial charge in [0.1, 0.15) is 24.5 Å². The highest BCUT2D eigenvalue weighted by atomic mass is 32.2. The largest absolute Gasteiger partial charge is 0.461 e. The Balaban J connectivity index is 2.41. The van der Waals surface area contributed by atoms with Gasteiger partial charge in [0.15, 0.2) is 0 Å². The molecule has 4 N–H and O–H groups in total. The lowest BCUT2D eigenvalue weighted by Crippen LogP contribution is -2.51. The fourth-order valence-electron chi connectivity index (χ4n) is 4.14. The van der Waals surface area contributed by atoms with Gasteiger partial charge in [0.05, 0.1) is 59.2 Å². The first-order chi connectivity index (χ1) is 25.3. The van der Waals surface area contributed by atoms with Crippen LogP contribution in [0.4, 0.5) is 0 Å². The number of carbonyl (C=O) groups is 8. The van der Waals surface area contributed by atoms with Gasteiger partial charge in [-0.15, -0.1) is 0 Å². The van der Waals surface area contributed by atoms with Crippen LogP contribution in [-0.4, -0.2) is 155 Å². The zero-order valence-electron chi connectivity index (χ0n) is 31.3. The average molecular weight is 764 g/mol. The Morgan fingerprint density at radius 2 is 1.42 bits per heavy atom. The third-order valence-electron chi connectivity index (χ3n) is 6.87. The van der Waals surface area contributed by atoms with Crippen LogP contribution >= 0.6 is 11.8 Å². The highest BCUT2D eigenvalue weighted by molar-refractivity contribution is 7.99. The molecule has 1 aliphatic heterocycles. The molecule has 296 valence electrons. The summed E-state index contributed by atoms with van der Waals surface area (Å²) in [6, 6.07) is -1.08. The second-order valence-electron chi connectivity index (χ2n) is 11.4. The number of thioether (sulfide) groups is 1. The monoisotopic (exact) mass is 763 g/mol. The minimum atomic E-state index is -1.27. The molecule has 19 heteroatoms. The highest BCUT2D eigenvalue weighted by Gasteiger charge is 2.31. The molecule has 1 saturated heterocycles. The summed E-state index contributed by atoms with van der Waals surface area (Å²) in [6.07, 6.45) is -1.96. The van der Waals surface area contributed by atoms with Crippen LogP contribution in [0.5, 0.6) is 0 Å². The molecule has 1 heterocycles. The number of amides is 6. The van der Waals surface area contributed by atoms with Crippen molar-refractivity contribution < 1.29 is 63.4 Å². The smallest absolute Gasteiger partial charge is 0.306 e. The number of nitrogens with zero attached hydrogens (tertiary/aromatic N) is 1. The first-order valence-corrected chi connectivity index (χ1v) is 18.4. The molecule has 6 amide bonds. The molecule has 0 aromatic carbocycles. The van der Waals surface area contributed by atoms with E-state index in [2.05, 4.69) is 21.3 Å². The number of hydrogen-bond donors (Lipinski definition) is 4. The van der Waals surface area contributed by atoms with Crippen molar-refractivity contribution in [2.45, 2.75) is 71.4 Å². The zero-order chi connectivity index (χ0) is 39.4. The van der Waals surface area contributed by atoms with Crippen molar-refractivity contribution in [1.29, 1.82) is 0 Å². The SMILES string of the molecule is [3H]C1CC(=O)N(CC(=O)N[C@H](CSCCC(=O)NCCOCCOCCOCC)C(=O)NCCOCCC(=O)NC[C@H](C)OC(=O)CCC(C)=O)C1=O. The fraction of sp³-hybridized carbons (Fsp3) is 0.758. The van der Waals surface area contributed by atoms with Crippen LogP contribution in [0.15, 0.2) is 0 Å². The standard InChI is InChI=1S/C33H55N5O13S/c1-4-47-16-17-50-19-18-49-14-11-34-28(41)10-20-52-23-26(37-29(42)22-38-30(43)6-7-31(38)44)33(46)35-12-15-48-13-9-27(40)36-21-25(3)51-32(45)8-5-24(2)39/h25-26H,4-23H2,1-3H3,(H,34,41)(H,35,46)(H,36,40)(H,37,42)/t25-,26+/m0/s1/i6T/t6?,25-,26+. The van der Waals surface area contributed by atoms with E-state index in [1.54, 1.807) is 6.92 Å². The summed E-state index contributed by atoms with van der Waals surface area (Å²) in [6.45, 7) is 7.52. The molecule has 1 fully saturated rings. The number of nitrogens with one attached hydrogen (secondary N) is 4. The number of likely N-dealkylation sites (tertiary alicyclic amines) is 1. The number of rotatable bonds is 31. The molecule has 0 radical (unpaired) electrons. The summed E-state index contributed by atoms with van der Waals surface area (Å²) in [4.78, 5) is 97.4. The quantitative estimate of drug-likeness (QED) is 0.0372. The van der Waals surface area contributed by atoms with Crippen LogP contribution < -0.4 is 21.3 Å². The molecule has 1 aliphatic rings. The minimum absolute atomic E-state index is 0.00628. The maximum absolute atomic E-state index is 13.0. The van der Waals surface area contributed by atoms with Gasteiger partial charge in [0.2, 0.25) is 35.4 Å². The average Bonchev–Trinajstić information content (AvgIpc) is 3.35. The molecule has 3 atom stereocenters. The summed E-state index contributed by atoms with van der Waals surface area (Å²) < 4.78 is 34.1. The Morgan fingerprint density at radius 3 is 2.08 bits per heavy atom. The summed E-state index contributed by atoms with van der Waals surface area (Å²) in [7, 11) is 0. The maximum Gasteiger partial charge on any atom is 0.306 e. The van der Waals surface area contributed by atoms with E-state index in [1.165, 1.54) is 18.7 Å². The van der Waals surface area contributed by atoms with Crippen LogP contribution in [0, 0.1) is 0 Å². The van der Waals surface area contributed by atoms with Crippen LogP contribution in [0.3, 0.4) is 0 Å². The van der Waals surface area contributed by atoms with E-state index in [-0.39, 0.29) is 81.8 Å². The fourth-order valence-corrected chi connectivity index (χ4v) is 5.10. The number of ether oxygens (including phenoxy) is 5. The molecule has 0 aromatic rings. The maximum atomic E-state index is 13.0. The number of ketones is 1. The summed E-state index contributed by atoms with van der Waals surface area (Å²) in [5.41, 5.74) is 0. The Morgan fingerprint density at radius 1 is 0.788 bits per heavy atom. The van der Waals surface area contributed by atoms with E-state index >= 15 is 0 Å². The summed E-state index contributed by atoms with van der Waals surface area (Å²) in [5, 5.41) is 10.5. The van der Waals surface area contributed by atoms with E-state index < -0.39 is 54.7 Å². The van der Waals surface area contributed by atoms with Gasteiger partial charge in [0.25, 0.3) is 0 Å². The molecule has 18 nitrogen and oxygen atoms in total. The van der Waals surface area contributed by atoms with Gasteiger partial charge in [-0.2, -0.15) is 11.8 Å². The topological polar surface area (TPSA) is 234 Å². The third kappa shape index (κ3) is 23.8. The second-order valence-corrected chi connectivity index (χ2v) is 12.6. The molecule has 0 saturated carbocycles. The van der Waals surface area contributed by atoms with Crippen molar-refractivity contribution >= 4 is 59.0 Å². The van der Waals surface area contributed by atoms with Gasteiger partial charge in [-0.05, 0) is 20.8 Å². The van der Waals surface area contributed by atoms with Crippen molar-refractivity contribution in [3.8, 4) is 0 Å². The van der Waals surface area contributed by atoms with E-state index in [0.717, 1.165) is 0 Å². The van der Waals surface area contributed by atoms with Crippen molar-refractivity contribution in [2.75, 3.05) is 90.5 Å². The van der Waals surface area contributed by atoms with E-state index in [4.69, 9.17) is 25.1 Å². The Bertz CT molecular complexity index is 1200. The number of Topliss-reactive ketones (excluding diaryl/α,β-unsaturated/α-hetero) is 1. The van der Waals surface area contributed by atoms with E-state index in [0.29, 0.717) is 56.8 Å². The van der Waals surface area contributed by atoms with Crippen LogP contribution in [-0.2, 0) is 62.0 Å². The molecule has 0 spiro atoms. The van der Waals surface area contributed by atoms with Crippen molar-refractivity contribution in [3.05, 3.63) is 0 Å². The molecule has 0 bridgehead atoms. The summed E-state index contributed by atoms with van der Waals surface area (Å²) >= 11 is 1.24. The number of esters is 1. The van der Waals surface area contributed by atoms with Gasteiger partial charge in [-0.25, -0.2) is 0 Å². The van der Waals surface area contributed by atoms with E-state index in [1.807, 2.05) is 6.92 Å². The predicted octanol–water partition coefficient (Wildman–Crippen LogP) is -1.13. The molecular formula is C33H55N5O13S.